The van der Waals surface area contributed by atoms with Crippen molar-refractivity contribution >= 4 is 12.0 Å². The molecule has 5 unspecified atom stereocenters. The summed E-state index contributed by atoms with van der Waals surface area (Å²) in [5.74, 6) is -0.517. The van der Waals surface area contributed by atoms with Gasteiger partial charge in [-0.25, -0.2) is 4.79 Å². The highest BCUT2D eigenvalue weighted by Gasteiger charge is 2.36. The van der Waals surface area contributed by atoms with Gasteiger partial charge in [0.2, 0.25) is 0 Å². The maximum Gasteiger partial charge on any atom is 0.315 e. The predicted octanol–water partition coefficient (Wildman–Crippen LogP) is 1.21. The van der Waals surface area contributed by atoms with Crippen molar-refractivity contribution in [3.8, 4) is 0 Å². The summed E-state index contributed by atoms with van der Waals surface area (Å²) in [5.41, 5.74) is 0. The van der Waals surface area contributed by atoms with Gasteiger partial charge in [-0.1, -0.05) is 26.7 Å². The molecule has 0 aromatic carbocycles. The average molecular weight is 284 g/mol. The minimum atomic E-state index is -0.924. The number of ether oxygens (including phenoxy) is 1. The van der Waals surface area contributed by atoms with Crippen molar-refractivity contribution in [3.05, 3.63) is 0 Å². The minimum Gasteiger partial charge on any atom is -0.481 e. The Morgan fingerprint density at radius 1 is 1.10 bits per heavy atom. The molecule has 0 aromatic heterocycles. The van der Waals surface area contributed by atoms with Crippen LogP contribution in [0.3, 0.4) is 0 Å². The Labute approximate surface area is 119 Å². The summed E-state index contributed by atoms with van der Waals surface area (Å²) in [6.45, 7) is 4.80. The molecule has 1 heterocycles. The largest absolute Gasteiger partial charge is 0.481 e. The number of carboxylic acid groups (broad SMARTS) is 1. The van der Waals surface area contributed by atoms with Crippen LogP contribution in [-0.2, 0) is 9.53 Å². The lowest BCUT2D eigenvalue weighted by Gasteiger charge is -2.34. The molecule has 2 fully saturated rings. The highest BCUT2D eigenvalue weighted by Crippen LogP contribution is 2.29. The summed E-state index contributed by atoms with van der Waals surface area (Å²) in [4.78, 5) is 23.0. The molecule has 6 heteroatoms. The van der Waals surface area contributed by atoms with Gasteiger partial charge >= 0.3 is 12.0 Å². The number of carboxylic acids is 1. The molecule has 1 saturated heterocycles. The fourth-order valence-electron chi connectivity index (χ4n) is 3.10. The van der Waals surface area contributed by atoms with Gasteiger partial charge in [-0.15, -0.1) is 0 Å². The molecule has 1 aliphatic heterocycles. The topological polar surface area (TPSA) is 87.7 Å². The Bertz CT molecular complexity index is 374. The molecule has 0 spiro atoms. The monoisotopic (exact) mass is 284 g/mol. The van der Waals surface area contributed by atoms with E-state index in [2.05, 4.69) is 24.5 Å². The highest BCUT2D eigenvalue weighted by atomic mass is 16.5. The van der Waals surface area contributed by atoms with Gasteiger partial charge in [-0.05, 0) is 18.3 Å². The van der Waals surface area contributed by atoms with E-state index < -0.39 is 17.9 Å². The van der Waals surface area contributed by atoms with E-state index in [1.807, 2.05) is 0 Å². The molecular formula is C14H24N2O4. The molecule has 20 heavy (non-hydrogen) atoms. The fraction of sp³-hybridized carbons (Fsp3) is 0.857. The van der Waals surface area contributed by atoms with Gasteiger partial charge in [0, 0.05) is 6.04 Å². The summed E-state index contributed by atoms with van der Waals surface area (Å²) in [7, 11) is 0. The smallest absolute Gasteiger partial charge is 0.315 e. The molecule has 2 amide bonds. The number of amides is 2. The van der Waals surface area contributed by atoms with Crippen molar-refractivity contribution in [1.82, 2.24) is 10.6 Å². The number of nitrogens with one attached hydrogen (secondary N) is 2. The molecule has 6 nitrogen and oxygen atoms in total. The molecule has 1 saturated carbocycles. The standard InChI is InChI=1S/C14H24N2O4/c1-8-4-3-5-11(9(8)2)15-14(19)16-12-7-20-6-10(12)13(17)18/h8-12H,3-7H2,1-2H3,(H,17,18)(H2,15,16,19). The third-order valence-electron chi connectivity index (χ3n) is 4.74. The Kier molecular flexibility index (Phi) is 4.86. The summed E-state index contributed by atoms with van der Waals surface area (Å²) >= 11 is 0. The molecule has 1 aliphatic carbocycles. The van der Waals surface area contributed by atoms with E-state index in [-0.39, 0.29) is 25.3 Å². The first kappa shape index (κ1) is 15.1. The molecule has 0 radical (unpaired) electrons. The Hall–Kier alpha value is -1.30. The van der Waals surface area contributed by atoms with Crippen molar-refractivity contribution in [1.29, 1.82) is 0 Å². The first-order valence-electron chi connectivity index (χ1n) is 7.36. The van der Waals surface area contributed by atoms with Crippen molar-refractivity contribution in [2.45, 2.75) is 45.2 Å². The van der Waals surface area contributed by atoms with Crippen LogP contribution < -0.4 is 10.6 Å². The highest BCUT2D eigenvalue weighted by molar-refractivity contribution is 5.77. The normalized spacial score (nSPS) is 37.4. The van der Waals surface area contributed by atoms with E-state index in [1.165, 1.54) is 6.42 Å². The number of aliphatic carboxylic acids is 1. The second-order valence-corrected chi connectivity index (χ2v) is 6.08. The number of rotatable bonds is 3. The van der Waals surface area contributed by atoms with Crippen molar-refractivity contribution in [3.63, 3.8) is 0 Å². The minimum absolute atomic E-state index is 0.164. The van der Waals surface area contributed by atoms with Gasteiger partial charge in [0.05, 0.1) is 19.3 Å². The number of hydrogen-bond donors (Lipinski definition) is 3. The second-order valence-electron chi connectivity index (χ2n) is 6.08. The lowest BCUT2D eigenvalue weighted by Crippen LogP contribution is -2.52. The zero-order chi connectivity index (χ0) is 14.7. The van der Waals surface area contributed by atoms with Crippen LogP contribution in [0.5, 0.6) is 0 Å². The molecule has 3 N–H and O–H groups in total. The molecule has 2 aliphatic rings. The van der Waals surface area contributed by atoms with Crippen LogP contribution in [0, 0.1) is 17.8 Å². The van der Waals surface area contributed by atoms with Crippen molar-refractivity contribution in [2.75, 3.05) is 13.2 Å². The van der Waals surface area contributed by atoms with E-state index in [0.717, 1.165) is 12.8 Å². The summed E-state index contributed by atoms with van der Waals surface area (Å²) in [6, 6.07) is -0.550. The Balaban J connectivity index is 1.84. The zero-order valence-corrected chi connectivity index (χ0v) is 12.1. The Morgan fingerprint density at radius 2 is 1.80 bits per heavy atom. The van der Waals surface area contributed by atoms with E-state index >= 15 is 0 Å². The first-order valence-corrected chi connectivity index (χ1v) is 7.36. The lowest BCUT2D eigenvalue weighted by atomic mass is 9.78. The molecule has 114 valence electrons. The van der Waals surface area contributed by atoms with E-state index in [9.17, 15) is 9.59 Å². The van der Waals surface area contributed by atoms with Crippen molar-refractivity contribution in [2.24, 2.45) is 17.8 Å². The SMILES string of the molecule is CC1CCCC(NC(=O)NC2COCC2C(=O)O)C1C. The summed E-state index contributed by atoms with van der Waals surface area (Å²) in [5, 5.41) is 14.8. The van der Waals surface area contributed by atoms with Gasteiger partial charge < -0.3 is 20.5 Å². The molecular weight excluding hydrogens is 260 g/mol. The fourth-order valence-corrected chi connectivity index (χ4v) is 3.10. The predicted molar refractivity (Wildman–Crippen MR) is 73.4 cm³/mol. The van der Waals surface area contributed by atoms with E-state index in [1.54, 1.807) is 0 Å². The van der Waals surface area contributed by atoms with Gasteiger partial charge in [-0.2, -0.15) is 0 Å². The third-order valence-corrected chi connectivity index (χ3v) is 4.74. The number of carbonyl (C=O) groups is 2. The second kappa shape index (κ2) is 6.43. The Morgan fingerprint density at radius 3 is 2.50 bits per heavy atom. The molecule has 0 aromatic rings. The van der Waals surface area contributed by atoms with Gasteiger partial charge in [-0.3, -0.25) is 4.79 Å². The first-order chi connectivity index (χ1) is 9.49. The van der Waals surface area contributed by atoms with Gasteiger partial charge in [0.25, 0.3) is 0 Å². The third kappa shape index (κ3) is 3.42. The number of urea groups is 1. The van der Waals surface area contributed by atoms with Crippen molar-refractivity contribution < 1.29 is 19.4 Å². The maximum atomic E-state index is 12.0. The number of hydrogen-bond acceptors (Lipinski definition) is 3. The molecule has 0 bridgehead atoms. The van der Waals surface area contributed by atoms with Crippen LogP contribution in [-0.4, -0.2) is 42.4 Å². The van der Waals surface area contributed by atoms with Gasteiger partial charge in [0.1, 0.15) is 5.92 Å². The zero-order valence-electron chi connectivity index (χ0n) is 12.1. The summed E-state index contributed by atoms with van der Waals surface area (Å²) < 4.78 is 5.14. The van der Waals surface area contributed by atoms with Crippen LogP contribution in [0.2, 0.25) is 0 Å². The quantitative estimate of drug-likeness (QED) is 0.727. The molecule has 2 rings (SSSR count). The molecule has 5 atom stereocenters. The number of carbonyl (C=O) groups excluding carboxylic acids is 1. The van der Waals surface area contributed by atoms with Crippen LogP contribution in [0.15, 0.2) is 0 Å². The van der Waals surface area contributed by atoms with Crippen LogP contribution in [0.25, 0.3) is 0 Å². The van der Waals surface area contributed by atoms with Gasteiger partial charge in [0.15, 0.2) is 0 Å². The maximum absolute atomic E-state index is 12.0. The lowest BCUT2D eigenvalue weighted by molar-refractivity contribution is -0.142. The average Bonchev–Trinajstić information content (AvgIpc) is 2.83. The summed E-state index contributed by atoms with van der Waals surface area (Å²) in [6.07, 6.45) is 3.32. The van der Waals surface area contributed by atoms with E-state index in [4.69, 9.17) is 9.84 Å². The van der Waals surface area contributed by atoms with Crippen LogP contribution in [0.4, 0.5) is 4.79 Å². The van der Waals surface area contributed by atoms with Crippen LogP contribution in [0.1, 0.15) is 33.1 Å². The van der Waals surface area contributed by atoms with Crippen LogP contribution >= 0.6 is 0 Å². The van der Waals surface area contributed by atoms with E-state index in [0.29, 0.717) is 11.8 Å².